The van der Waals surface area contributed by atoms with Crippen LogP contribution in [0.5, 0.6) is 5.75 Å². The predicted molar refractivity (Wildman–Crippen MR) is 93.4 cm³/mol. The molecule has 0 bridgehead atoms. The second-order valence-electron chi connectivity index (χ2n) is 5.86. The molecule has 0 amide bonds. The predicted octanol–water partition coefficient (Wildman–Crippen LogP) is 2.84. The van der Waals surface area contributed by atoms with E-state index >= 15 is 0 Å². The quantitative estimate of drug-likeness (QED) is 0.885. The van der Waals surface area contributed by atoms with E-state index in [9.17, 15) is 18.3 Å². The Bertz CT molecular complexity index is 901. The molecule has 1 saturated heterocycles. The number of carboxylic acid groups (broad SMARTS) is 1. The summed E-state index contributed by atoms with van der Waals surface area (Å²) in [4.78, 5) is 11.5. The molecule has 0 aromatic heterocycles. The minimum absolute atomic E-state index is 0.00444. The lowest BCUT2D eigenvalue weighted by atomic mass is 10.0. The fourth-order valence-electron chi connectivity index (χ4n) is 2.99. The number of sulfonamides is 1. The molecule has 0 saturated carbocycles. The first-order valence-electron chi connectivity index (χ1n) is 7.95. The van der Waals surface area contributed by atoms with Crippen LogP contribution in [-0.2, 0) is 10.0 Å². The maximum Gasteiger partial charge on any atom is 0.335 e. The Morgan fingerprint density at radius 1 is 1.12 bits per heavy atom. The van der Waals surface area contributed by atoms with Crippen molar-refractivity contribution in [1.29, 1.82) is 0 Å². The maximum absolute atomic E-state index is 12.8. The highest BCUT2D eigenvalue weighted by molar-refractivity contribution is 7.89. The summed E-state index contributed by atoms with van der Waals surface area (Å²) in [7, 11) is -2.20. The number of carboxylic acids is 1. The smallest absolute Gasteiger partial charge is 0.335 e. The van der Waals surface area contributed by atoms with Gasteiger partial charge in [0.25, 0.3) is 0 Å². The Kier molecular flexibility index (Phi) is 4.78. The SMILES string of the molecule is COc1ccccc1-c1cc(C(=O)O)cc(S(=O)(=O)N2CCCC2)c1. The number of benzene rings is 2. The number of aromatic carboxylic acids is 1. The second kappa shape index (κ2) is 6.85. The molecule has 0 atom stereocenters. The van der Waals surface area contributed by atoms with Crippen molar-refractivity contribution in [3.63, 3.8) is 0 Å². The summed E-state index contributed by atoms with van der Waals surface area (Å²) in [5.41, 5.74) is 1.07. The Morgan fingerprint density at radius 3 is 2.44 bits per heavy atom. The van der Waals surface area contributed by atoms with Crippen molar-refractivity contribution in [2.75, 3.05) is 20.2 Å². The van der Waals surface area contributed by atoms with Crippen molar-refractivity contribution in [3.8, 4) is 16.9 Å². The van der Waals surface area contributed by atoms with Crippen LogP contribution in [0.25, 0.3) is 11.1 Å². The highest BCUT2D eigenvalue weighted by Gasteiger charge is 2.28. The number of hydrogen-bond acceptors (Lipinski definition) is 4. The molecule has 1 heterocycles. The summed E-state index contributed by atoms with van der Waals surface area (Å²) in [5, 5.41) is 9.40. The van der Waals surface area contributed by atoms with Gasteiger partial charge >= 0.3 is 5.97 Å². The molecule has 2 aromatic carbocycles. The molecule has 0 spiro atoms. The van der Waals surface area contributed by atoms with Gasteiger partial charge in [0.15, 0.2) is 0 Å². The van der Waals surface area contributed by atoms with Crippen LogP contribution in [0.3, 0.4) is 0 Å². The number of nitrogens with zero attached hydrogens (tertiary/aromatic N) is 1. The highest BCUT2D eigenvalue weighted by atomic mass is 32.2. The Hall–Kier alpha value is -2.38. The van der Waals surface area contributed by atoms with Crippen molar-refractivity contribution in [1.82, 2.24) is 4.31 Å². The molecule has 25 heavy (non-hydrogen) atoms. The van der Waals surface area contributed by atoms with Crippen LogP contribution < -0.4 is 4.74 Å². The molecule has 1 aliphatic rings. The minimum Gasteiger partial charge on any atom is -0.496 e. The van der Waals surface area contributed by atoms with E-state index in [1.807, 2.05) is 0 Å². The third-order valence-corrected chi connectivity index (χ3v) is 6.15. The van der Waals surface area contributed by atoms with Gasteiger partial charge in [-0.1, -0.05) is 18.2 Å². The summed E-state index contributed by atoms with van der Waals surface area (Å²) in [6, 6.07) is 11.3. The van der Waals surface area contributed by atoms with Gasteiger partial charge in [-0.2, -0.15) is 4.31 Å². The fourth-order valence-corrected chi connectivity index (χ4v) is 4.58. The van der Waals surface area contributed by atoms with Crippen molar-refractivity contribution in [3.05, 3.63) is 48.0 Å². The number of ether oxygens (including phenoxy) is 1. The molecule has 0 unspecified atom stereocenters. The molecule has 0 radical (unpaired) electrons. The lowest BCUT2D eigenvalue weighted by molar-refractivity contribution is 0.0696. The molecule has 2 aromatic rings. The third-order valence-electron chi connectivity index (χ3n) is 4.27. The fraction of sp³-hybridized carbons (Fsp3) is 0.278. The first-order valence-corrected chi connectivity index (χ1v) is 9.39. The van der Waals surface area contributed by atoms with Crippen molar-refractivity contribution >= 4 is 16.0 Å². The minimum atomic E-state index is -3.72. The van der Waals surface area contributed by atoms with Gasteiger partial charge in [0.1, 0.15) is 5.75 Å². The number of hydrogen-bond donors (Lipinski definition) is 1. The van der Waals surface area contributed by atoms with Crippen LogP contribution in [0.4, 0.5) is 0 Å². The third kappa shape index (κ3) is 3.38. The van der Waals surface area contributed by atoms with Crippen LogP contribution >= 0.6 is 0 Å². The maximum atomic E-state index is 12.8. The first-order chi connectivity index (χ1) is 11.9. The van der Waals surface area contributed by atoms with E-state index in [1.54, 1.807) is 24.3 Å². The average molecular weight is 361 g/mol. The van der Waals surface area contributed by atoms with Gasteiger partial charge in [-0.05, 0) is 42.7 Å². The zero-order valence-corrected chi connectivity index (χ0v) is 14.6. The molecule has 0 aliphatic carbocycles. The van der Waals surface area contributed by atoms with Gasteiger partial charge in [0, 0.05) is 18.7 Å². The standard InChI is InChI=1S/C18H19NO5S/c1-24-17-7-3-2-6-16(17)13-10-14(18(20)21)12-15(11-13)25(22,23)19-8-4-5-9-19/h2-3,6-7,10-12H,4-5,8-9H2,1H3,(H,20,21). The highest BCUT2D eigenvalue weighted by Crippen LogP contribution is 2.33. The van der Waals surface area contributed by atoms with Gasteiger partial charge in [0.2, 0.25) is 10.0 Å². The lowest BCUT2D eigenvalue weighted by Crippen LogP contribution is -2.28. The topological polar surface area (TPSA) is 83.9 Å². The normalized spacial score (nSPS) is 15.2. The Morgan fingerprint density at radius 2 is 1.80 bits per heavy atom. The van der Waals surface area contributed by atoms with Crippen LogP contribution in [0.15, 0.2) is 47.4 Å². The second-order valence-corrected chi connectivity index (χ2v) is 7.80. The summed E-state index contributed by atoms with van der Waals surface area (Å²) < 4.78 is 32.4. The molecule has 6 nitrogen and oxygen atoms in total. The zero-order valence-electron chi connectivity index (χ0n) is 13.8. The van der Waals surface area contributed by atoms with Gasteiger partial charge in [0.05, 0.1) is 17.6 Å². The molecule has 1 aliphatic heterocycles. The van der Waals surface area contributed by atoms with E-state index < -0.39 is 16.0 Å². The molecule has 132 valence electrons. The van der Waals surface area contributed by atoms with Crippen LogP contribution in [0.1, 0.15) is 23.2 Å². The molecule has 1 fully saturated rings. The van der Waals surface area contributed by atoms with Gasteiger partial charge in [-0.25, -0.2) is 13.2 Å². The van der Waals surface area contributed by atoms with E-state index in [-0.39, 0.29) is 10.5 Å². The number of methoxy groups -OCH3 is 1. The summed E-state index contributed by atoms with van der Waals surface area (Å²) in [6.07, 6.45) is 1.63. The Labute approximate surface area is 146 Å². The molecular weight excluding hydrogens is 342 g/mol. The van der Waals surface area contributed by atoms with E-state index in [1.165, 1.54) is 29.6 Å². The number of rotatable bonds is 5. The van der Waals surface area contributed by atoms with Crippen LogP contribution in [-0.4, -0.2) is 44.0 Å². The van der Waals surface area contributed by atoms with E-state index in [2.05, 4.69) is 0 Å². The lowest BCUT2D eigenvalue weighted by Gasteiger charge is -2.17. The molecule has 3 rings (SSSR count). The van der Waals surface area contributed by atoms with Crippen molar-refractivity contribution < 1.29 is 23.1 Å². The van der Waals surface area contributed by atoms with E-state index in [0.29, 0.717) is 30.0 Å². The van der Waals surface area contributed by atoms with Gasteiger partial charge in [-0.3, -0.25) is 0 Å². The first kappa shape index (κ1) is 17.4. The summed E-state index contributed by atoms with van der Waals surface area (Å²) in [6.45, 7) is 0.924. The van der Waals surface area contributed by atoms with Crippen molar-refractivity contribution in [2.24, 2.45) is 0 Å². The largest absolute Gasteiger partial charge is 0.496 e. The van der Waals surface area contributed by atoms with Crippen LogP contribution in [0.2, 0.25) is 0 Å². The van der Waals surface area contributed by atoms with E-state index in [0.717, 1.165) is 12.8 Å². The number of carbonyl (C=O) groups is 1. The molecular formula is C18H19NO5S. The Balaban J connectivity index is 2.17. The molecule has 1 N–H and O–H groups in total. The van der Waals surface area contributed by atoms with E-state index in [4.69, 9.17) is 4.74 Å². The zero-order chi connectivity index (χ0) is 18.0. The van der Waals surface area contributed by atoms with Crippen molar-refractivity contribution in [2.45, 2.75) is 17.7 Å². The summed E-state index contributed by atoms with van der Waals surface area (Å²) >= 11 is 0. The summed E-state index contributed by atoms with van der Waals surface area (Å²) in [5.74, 6) is -0.621. The molecule has 7 heteroatoms. The van der Waals surface area contributed by atoms with Gasteiger partial charge < -0.3 is 9.84 Å². The average Bonchev–Trinajstić information content (AvgIpc) is 3.16. The van der Waals surface area contributed by atoms with Crippen LogP contribution in [0, 0.1) is 0 Å². The number of para-hydroxylation sites is 1. The monoisotopic (exact) mass is 361 g/mol. The van der Waals surface area contributed by atoms with Gasteiger partial charge in [-0.15, -0.1) is 0 Å².